The summed E-state index contributed by atoms with van der Waals surface area (Å²) in [6.07, 6.45) is 7.12. The molecule has 1 saturated carbocycles. The molecule has 0 aromatic carbocycles. The third-order valence-electron chi connectivity index (χ3n) is 4.58. The van der Waals surface area contributed by atoms with Crippen molar-refractivity contribution in [2.75, 3.05) is 19.6 Å². The highest BCUT2D eigenvalue weighted by Crippen LogP contribution is 2.28. The van der Waals surface area contributed by atoms with Crippen LogP contribution >= 0.6 is 12.4 Å². The van der Waals surface area contributed by atoms with Gasteiger partial charge in [-0.15, -0.1) is 12.4 Å². The van der Waals surface area contributed by atoms with Gasteiger partial charge in [0.1, 0.15) is 12.2 Å². The van der Waals surface area contributed by atoms with E-state index in [0.29, 0.717) is 5.92 Å². The molecule has 0 bridgehead atoms. The average molecular weight is 328 g/mol. The van der Waals surface area contributed by atoms with Gasteiger partial charge in [-0.2, -0.15) is 5.10 Å². The highest BCUT2D eigenvalue weighted by Gasteiger charge is 2.24. The molecule has 2 aliphatic rings. The van der Waals surface area contributed by atoms with E-state index in [4.69, 9.17) is 0 Å². The van der Waals surface area contributed by atoms with E-state index in [2.05, 4.69) is 38.8 Å². The standard InChI is InChI=1S/C16H29N5.ClH/c1-13(2)10-21-16(18-12-19-21)11-20-7-5-15(6-8-20)17-9-14-3-4-14;/h12-15,17H,3-11H2,1-2H3;1H. The van der Waals surface area contributed by atoms with Gasteiger partial charge in [0.25, 0.3) is 0 Å². The van der Waals surface area contributed by atoms with Gasteiger partial charge in [-0.3, -0.25) is 4.90 Å². The quantitative estimate of drug-likeness (QED) is 0.835. The van der Waals surface area contributed by atoms with Crippen molar-refractivity contribution in [3.8, 4) is 0 Å². The van der Waals surface area contributed by atoms with Crippen molar-refractivity contribution in [1.29, 1.82) is 0 Å². The zero-order chi connectivity index (χ0) is 14.7. The predicted molar refractivity (Wildman–Crippen MR) is 91.1 cm³/mol. The first-order valence-corrected chi connectivity index (χ1v) is 8.53. The lowest BCUT2D eigenvalue weighted by atomic mass is 10.0. The molecule has 1 aromatic rings. The van der Waals surface area contributed by atoms with Crippen molar-refractivity contribution in [3.63, 3.8) is 0 Å². The minimum Gasteiger partial charge on any atom is -0.314 e. The normalized spacial score (nSPS) is 20.3. The van der Waals surface area contributed by atoms with Gasteiger partial charge in [0, 0.05) is 25.7 Å². The molecule has 1 aromatic heterocycles. The van der Waals surface area contributed by atoms with Crippen molar-refractivity contribution in [2.45, 2.75) is 58.7 Å². The van der Waals surface area contributed by atoms with Crippen molar-refractivity contribution < 1.29 is 0 Å². The molecule has 0 radical (unpaired) electrons. The van der Waals surface area contributed by atoms with Crippen molar-refractivity contribution in [1.82, 2.24) is 25.0 Å². The highest BCUT2D eigenvalue weighted by atomic mass is 35.5. The molecule has 2 heterocycles. The smallest absolute Gasteiger partial charge is 0.141 e. The number of piperidine rings is 1. The number of hydrogen-bond donors (Lipinski definition) is 1. The molecule has 3 rings (SSSR count). The zero-order valence-corrected chi connectivity index (χ0v) is 14.7. The molecule has 1 aliphatic carbocycles. The minimum atomic E-state index is 0. The summed E-state index contributed by atoms with van der Waals surface area (Å²) in [6, 6.07) is 0.732. The van der Waals surface area contributed by atoms with Crippen LogP contribution in [0.15, 0.2) is 6.33 Å². The molecule has 5 nitrogen and oxygen atoms in total. The van der Waals surface area contributed by atoms with Crippen molar-refractivity contribution in [3.05, 3.63) is 12.2 Å². The molecule has 1 saturated heterocycles. The Morgan fingerprint density at radius 1 is 1.23 bits per heavy atom. The summed E-state index contributed by atoms with van der Waals surface area (Å²) in [4.78, 5) is 6.97. The summed E-state index contributed by atoms with van der Waals surface area (Å²) < 4.78 is 2.07. The van der Waals surface area contributed by atoms with E-state index in [1.165, 1.54) is 45.3 Å². The number of nitrogens with one attached hydrogen (secondary N) is 1. The summed E-state index contributed by atoms with van der Waals surface area (Å²) in [5.74, 6) is 2.72. The van der Waals surface area contributed by atoms with Crippen LogP contribution in [0.2, 0.25) is 0 Å². The average Bonchev–Trinajstić information content (AvgIpc) is 3.20. The molecule has 0 atom stereocenters. The van der Waals surface area contributed by atoms with Crippen LogP contribution in [0.5, 0.6) is 0 Å². The first-order valence-electron chi connectivity index (χ1n) is 8.53. The molecule has 0 unspecified atom stereocenters. The van der Waals surface area contributed by atoms with Gasteiger partial charge < -0.3 is 5.32 Å². The molecule has 1 aliphatic heterocycles. The number of likely N-dealkylation sites (tertiary alicyclic amines) is 1. The Balaban J connectivity index is 0.00000176. The second-order valence-electron chi connectivity index (χ2n) is 7.15. The number of aromatic nitrogens is 3. The number of hydrogen-bond acceptors (Lipinski definition) is 4. The molecule has 126 valence electrons. The first-order chi connectivity index (χ1) is 10.2. The van der Waals surface area contributed by atoms with Crippen LogP contribution in [0.3, 0.4) is 0 Å². The van der Waals surface area contributed by atoms with Crippen LogP contribution in [0.1, 0.15) is 45.4 Å². The molecule has 1 N–H and O–H groups in total. The van der Waals surface area contributed by atoms with Crippen LogP contribution in [-0.2, 0) is 13.1 Å². The summed E-state index contributed by atoms with van der Waals surface area (Å²) in [6.45, 7) is 9.96. The Kier molecular flexibility index (Phi) is 6.66. The minimum absolute atomic E-state index is 0. The third-order valence-corrected chi connectivity index (χ3v) is 4.58. The van der Waals surface area contributed by atoms with E-state index in [1.807, 2.05) is 0 Å². The topological polar surface area (TPSA) is 46.0 Å². The maximum Gasteiger partial charge on any atom is 0.141 e. The fourth-order valence-corrected chi connectivity index (χ4v) is 3.06. The Labute approximate surface area is 140 Å². The van der Waals surface area contributed by atoms with E-state index in [9.17, 15) is 0 Å². The van der Waals surface area contributed by atoms with Crippen LogP contribution in [0, 0.1) is 11.8 Å². The summed E-state index contributed by atoms with van der Waals surface area (Å²) in [5.41, 5.74) is 0. The van der Waals surface area contributed by atoms with E-state index >= 15 is 0 Å². The van der Waals surface area contributed by atoms with Gasteiger partial charge in [-0.1, -0.05) is 13.8 Å². The summed E-state index contributed by atoms with van der Waals surface area (Å²) in [5, 5.41) is 8.10. The first kappa shape index (κ1) is 17.7. The van der Waals surface area contributed by atoms with E-state index < -0.39 is 0 Å². The van der Waals surface area contributed by atoms with E-state index in [0.717, 1.165) is 30.9 Å². The van der Waals surface area contributed by atoms with Crippen LogP contribution in [0.25, 0.3) is 0 Å². The SMILES string of the molecule is CC(C)Cn1ncnc1CN1CCC(NCC2CC2)CC1.Cl. The van der Waals surface area contributed by atoms with Crippen LogP contribution < -0.4 is 5.32 Å². The van der Waals surface area contributed by atoms with Crippen molar-refractivity contribution >= 4 is 12.4 Å². The fourth-order valence-electron chi connectivity index (χ4n) is 3.06. The molecule has 6 heteroatoms. The van der Waals surface area contributed by atoms with E-state index in [1.54, 1.807) is 6.33 Å². The van der Waals surface area contributed by atoms with Crippen LogP contribution in [-0.4, -0.2) is 45.3 Å². The van der Waals surface area contributed by atoms with Gasteiger partial charge in [0.15, 0.2) is 0 Å². The maximum atomic E-state index is 4.44. The van der Waals surface area contributed by atoms with Gasteiger partial charge in [-0.05, 0) is 44.1 Å². The number of rotatable bonds is 7. The monoisotopic (exact) mass is 327 g/mol. The molecular formula is C16H30ClN5. The zero-order valence-electron chi connectivity index (χ0n) is 13.9. The van der Waals surface area contributed by atoms with Crippen molar-refractivity contribution in [2.24, 2.45) is 11.8 Å². The van der Waals surface area contributed by atoms with Gasteiger partial charge in [0.2, 0.25) is 0 Å². The number of halogens is 1. The lowest BCUT2D eigenvalue weighted by molar-refractivity contribution is 0.183. The second-order valence-corrected chi connectivity index (χ2v) is 7.15. The second kappa shape index (κ2) is 8.27. The lowest BCUT2D eigenvalue weighted by Gasteiger charge is -2.32. The number of nitrogens with zero attached hydrogens (tertiary/aromatic N) is 4. The lowest BCUT2D eigenvalue weighted by Crippen LogP contribution is -2.43. The molecule has 2 fully saturated rings. The van der Waals surface area contributed by atoms with Gasteiger partial charge in [0.05, 0.1) is 6.54 Å². The Morgan fingerprint density at radius 2 is 1.95 bits per heavy atom. The highest BCUT2D eigenvalue weighted by molar-refractivity contribution is 5.85. The Morgan fingerprint density at radius 3 is 2.59 bits per heavy atom. The Hall–Kier alpha value is -0.650. The summed E-state index contributed by atoms with van der Waals surface area (Å²) >= 11 is 0. The third kappa shape index (κ3) is 5.21. The summed E-state index contributed by atoms with van der Waals surface area (Å²) in [7, 11) is 0. The van der Waals surface area contributed by atoms with Crippen LogP contribution in [0.4, 0.5) is 0 Å². The largest absolute Gasteiger partial charge is 0.314 e. The van der Waals surface area contributed by atoms with E-state index in [-0.39, 0.29) is 12.4 Å². The Bertz CT molecular complexity index is 435. The van der Waals surface area contributed by atoms with Gasteiger partial charge in [-0.25, -0.2) is 9.67 Å². The molecule has 0 amide bonds. The molecular weight excluding hydrogens is 298 g/mol. The molecule has 0 spiro atoms. The van der Waals surface area contributed by atoms with Gasteiger partial charge >= 0.3 is 0 Å². The maximum absolute atomic E-state index is 4.44. The molecule has 22 heavy (non-hydrogen) atoms. The fraction of sp³-hybridized carbons (Fsp3) is 0.875. The predicted octanol–water partition coefficient (Wildman–Crippen LogP) is 2.32.